The van der Waals surface area contributed by atoms with Crippen LogP contribution >= 0.6 is 0 Å². The number of fused-ring (bicyclic) bond motifs is 2. The van der Waals surface area contributed by atoms with Gasteiger partial charge in [0.1, 0.15) is 11.9 Å². The van der Waals surface area contributed by atoms with E-state index in [1.54, 1.807) is 36.3 Å². The number of hydrogen-bond acceptors (Lipinski definition) is 8. The standard InChI is InChI=1S/C29H35N5O5S/c1-32-19-29(31-20-32)40(35,36)33-17-23-10-11-24(18-33)34(23)14-4-5-26(22-8-6-21(16-30)7-9-22)39-25-12-13-27(37-2)28(15-25)38-3/h6-9,12-13,15,19-20,23-24,26H,4-5,10-11,14,17-18H2,1-3H3. The average molecular weight is 566 g/mol. The zero-order chi connectivity index (χ0) is 28.3. The number of benzene rings is 2. The smallest absolute Gasteiger partial charge is 0.262 e. The van der Waals surface area contributed by atoms with Gasteiger partial charge in [-0.25, -0.2) is 13.4 Å². The van der Waals surface area contributed by atoms with Crippen LogP contribution < -0.4 is 14.2 Å². The number of aromatic nitrogens is 2. The summed E-state index contributed by atoms with van der Waals surface area (Å²) in [5.74, 6) is 1.89. The van der Waals surface area contributed by atoms with E-state index in [9.17, 15) is 13.7 Å². The Kier molecular flexibility index (Phi) is 8.30. The molecule has 3 atom stereocenters. The van der Waals surface area contributed by atoms with Crippen molar-refractivity contribution >= 4 is 10.0 Å². The number of methoxy groups -OCH3 is 2. The van der Waals surface area contributed by atoms with E-state index in [2.05, 4.69) is 16.0 Å². The molecule has 1 aromatic heterocycles. The second kappa shape index (κ2) is 11.9. The number of imidazole rings is 1. The fraction of sp³-hybridized carbons (Fsp3) is 0.448. The van der Waals surface area contributed by atoms with Gasteiger partial charge in [0, 0.05) is 44.5 Å². The summed E-state index contributed by atoms with van der Waals surface area (Å²) in [7, 11) is 1.36. The van der Waals surface area contributed by atoms with Crippen LogP contribution in [0.3, 0.4) is 0 Å². The summed E-state index contributed by atoms with van der Waals surface area (Å²) in [6.45, 7) is 1.82. The molecule has 2 aliphatic heterocycles. The first-order chi connectivity index (χ1) is 19.3. The molecule has 212 valence electrons. The number of piperazine rings is 1. The topological polar surface area (TPSA) is 110 Å². The molecule has 11 heteroatoms. The van der Waals surface area contributed by atoms with Crippen LogP contribution in [0.25, 0.3) is 0 Å². The van der Waals surface area contributed by atoms with E-state index in [4.69, 9.17) is 14.2 Å². The van der Waals surface area contributed by atoms with Gasteiger partial charge in [-0.05, 0) is 62.1 Å². The molecule has 10 nitrogen and oxygen atoms in total. The second-order valence-corrected chi connectivity index (χ2v) is 12.2. The van der Waals surface area contributed by atoms with Gasteiger partial charge in [0.25, 0.3) is 10.0 Å². The molecule has 0 aliphatic carbocycles. The van der Waals surface area contributed by atoms with Crippen LogP contribution in [0, 0.1) is 11.3 Å². The number of hydrogen-bond donors (Lipinski definition) is 0. The Hall–Kier alpha value is -3.59. The normalized spacial score (nSPS) is 20.1. The van der Waals surface area contributed by atoms with E-state index in [-0.39, 0.29) is 23.2 Å². The average Bonchev–Trinajstić information content (AvgIpc) is 3.51. The highest BCUT2D eigenvalue weighted by Crippen LogP contribution is 2.36. The third kappa shape index (κ3) is 5.80. The molecule has 40 heavy (non-hydrogen) atoms. The minimum atomic E-state index is -3.60. The molecule has 3 unspecified atom stereocenters. The number of aryl methyl sites for hydroxylation is 1. The van der Waals surface area contributed by atoms with Crippen molar-refractivity contribution in [1.29, 1.82) is 5.26 Å². The molecule has 0 radical (unpaired) electrons. The van der Waals surface area contributed by atoms with Gasteiger partial charge in [-0.1, -0.05) is 12.1 Å². The Bertz CT molecular complexity index is 1450. The van der Waals surface area contributed by atoms with Crippen LogP contribution in [0.4, 0.5) is 0 Å². The van der Waals surface area contributed by atoms with Gasteiger partial charge in [0.2, 0.25) is 0 Å². The Morgan fingerprint density at radius 1 is 1.05 bits per heavy atom. The Morgan fingerprint density at radius 2 is 1.75 bits per heavy atom. The predicted molar refractivity (Wildman–Crippen MR) is 149 cm³/mol. The van der Waals surface area contributed by atoms with Gasteiger partial charge < -0.3 is 18.8 Å². The van der Waals surface area contributed by atoms with Crippen LogP contribution in [0.15, 0.2) is 60.0 Å². The van der Waals surface area contributed by atoms with Crippen molar-refractivity contribution in [2.45, 2.75) is 48.9 Å². The minimum absolute atomic E-state index is 0.111. The monoisotopic (exact) mass is 565 g/mol. The molecule has 2 saturated heterocycles. The quantitative estimate of drug-likeness (QED) is 0.346. The summed E-state index contributed by atoms with van der Waals surface area (Å²) in [5, 5.41) is 9.34. The number of rotatable bonds is 11. The maximum atomic E-state index is 13.2. The van der Waals surface area contributed by atoms with E-state index in [1.165, 1.54) is 6.33 Å². The fourth-order valence-corrected chi connectivity index (χ4v) is 7.23. The first-order valence-electron chi connectivity index (χ1n) is 13.4. The third-order valence-electron chi connectivity index (χ3n) is 7.81. The lowest BCUT2D eigenvalue weighted by Crippen LogP contribution is -2.55. The Morgan fingerprint density at radius 3 is 2.35 bits per heavy atom. The SMILES string of the molecule is COc1ccc(OC(CCCN2C3CCC2CN(S(=O)(=O)c2cn(C)cn2)C3)c2ccc(C#N)cc2)cc1OC. The van der Waals surface area contributed by atoms with E-state index >= 15 is 0 Å². The molecular formula is C29H35N5O5S. The molecule has 2 aromatic carbocycles. The maximum Gasteiger partial charge on any atom is 0.262 e. The van der Waals surface area contributed by atoms with Gasteiger partial charge in [-0.2, -0.15) is 9.57 Å². The van der Waals surface area contributed by atoms with E-state index in [0.717, 1.165) is 37.8 Å². The fourth-order valence-electron chi connectivity index (χ4n) is 5.75. The second-order valence-electron chi connectivity index (χ2n) is 10.3. The van der Waals surface area contributed by atoms with E-state index < -0.39 is 10.0 Å². The number of sulfonamides is 1. The molecular weight excluding hydrogens is 530 g/mol. The molecule has 2 aliphatic rings. The van der Waals surface area contributed by atoms with Gasteiger partial charge in [-0.15, -0.1) is 0 Å². The minimum Gasteiger partial charge on any atom is -0.493 e. The van der Waals surface area contributed by atoms with Gasteiger partial charge in [-0.3, -0.25) is 4.90 Å². The molecule has 2 fully saturated rings. The van der Waals surface area contributed by atoms with Crippen molar-refractivity contribution in [2.75, 3.05) is 33.9 Å². The molecule has 3 aromatic rings. The molecule has 3 heterocycles. The maximum absolute atomic E-state index is 13.2. The van der Waals surface area contributed by atoms with Gasteiger partial charge in [0.05, 0.1) is 32.2 Å². The molecule has 2 bridgehead atoms. The van der Waals surface area contributed by atoms with Crippen LogP contribution in [0.2, 0.25) is 0 Å². The first-order valence-corrected chi connectivity index (χ1v) is 14.9. The Labute approximate surface area is 235 Å². The summed E-state index contributed by atoms with van der Waals surface area (Å²) in [6, 6.07) is 15.5. The first kappa shape index (κ1) is 28.0. The van der Waals surface area contributed by atoms with Crippen molar-refractivity contribution < 1.29 is 22.6 Å². The van der Waals surface area contributed by atoms with Crippen LogP contribution in [-0.2, 0) is 17.1 Å². The summed E-state index contributed by atoms with van der Waals surface area (Å²) in [5.41, 5.74) is 1.59. The largest absolute Gasteiger partial charge is 0.493 e. The third-order valence-corrected chi connectivity index (χ3v) is 9.53. The molecule has 0 amide bonds. The van der Waals surface area contributed by atoms with E-state index in [0.29, 0.717) is 35.9 Å². The summed E-state index contributed by atoms with van der Waals surface area (Å²) in [6.07, 6.45) is 6.45. The molecule has 0 spiro atoms. The highest BCUT2D eigenvalue weighted by molar-refractivity contribution is 7.89. The lowest BCUT2D eigenvalue weighted by Gasteiger charge is -2.40. The van der Waals surface area contributed by atoms with Crippen LogP contribution in [-0.4, -0.2) is 73.1 Å². The van der Waals surface area contributed by atoms with E-state index in [1.807, 2.05) is 42.5 Å². The Balaban J connectivity index is 1.26. The zero-order valence-corrected chi connectivity index (χ0v) is 23.9. The van der Waals surface area contributed by atoms with Gasteiger partial charge >= 0.3 is 0 Å². The van der Waals surface area contributed by atoms with Crippen molar-refractivity contribution in [3.63, 3.8) is 0 Å². The van der Waals surface area contributed by atoms with Gasteiger partial charge in [0.15, 0.2) is 16.5 Å². The lowest BCUT2D eigenvalue weighted by atomic mass is 10.0. The summed E-state index contributed by atoms with van der Waals surface area (Å²) < 4.78 is 46.9. The van der Waals surface area contributed by atoms with Crippen LogP contribution in [0.1, 0.15) is 42.9 Å². The molecule has 5 rings (SSSR count). The predicted octanol–water partition coefficient (Wildman–Crippen LogP) is 3.75. The highest BCUT2D eigenvalue weighted by atomic mass is 32.2. The van der Waals surface area contributed by atoms with Crippen molar-refractivity contribution in [3.05, 3.63) is 66.1 Å². The number of ether oxygens (including phenoxy) is 3. The summed E-state index contributed by atoms with van der Waals surface area (Å²) in [4.78, 5) is 6.56. The highest BCUT2D eigenvalue weighted by Gasteiger charge is 2.44. The summed E-state index contributed by atoms with van der Waals surface area (Å²) >= 11 is 0. The zero-order valence-electron chi connectivity index (χ0n) is 23.1. The number of nitrogens with zero attached hydrogens (tertiary/aromatic N) is 5. The van der Waals surface area contributed by atoms with Crippen molar-refractivity contribution in [3.8, 4) is 23.3 Å². The molecule has 0 N–H and O–H groups in total. The lowest BCUT2D eigenvalue weighted by molar-refractivity contribution is 0.101. The van der Waals surface area contributed by atoms with Crippen molar-refractivity contribution in [2.24, 2.45) is 7.05 Å². The van der Waals surface area contributed by atoms with Crippen LogP contribution in [0.5, 0.6) is 17.2 Å². The molecule has 0 saturated carbocycles. The van der Waals surface area contributed by atoms with Crippen molar-refractivity contribution in [1.82, 2.24) is 18.8 Å². The number of nitriles is 1.